The molecule has 1 aliphatic rings. The Morgan fingerprint density at radius 3 is 2.75 bits per heavy atom. The van der Waals surface area contributed by atoms with Gasteiger partial charge in [0.1, 0.15) is 0 Å². The van der Waals surface area contributed by atoms with Gasteiger partial charge in [0.05, 0.1) is 15.3 Å². The normalized spacial score (nSPS) is 14.4. The first-order valence-electron chi connectivity index (χ1n) is 8.67. The number of nitrogens with zero attached hydrogens (tertiary/aromatic N) is 4. The molecule has 9 heteroatoms. The molecule has 1 atom stereocenters. The Hall–Kier alpha value is -2.09. The lowest BCUT2D eigenvalue weighted by Gasteiger charge is -2.15. The van der Waals surface area contributed by atoms with E-state index < -0.39 is 0 Å². The van der Waals surface area contributed by atoms with Crippen LogP contribution in [0.15, 0.2) is 35.6 Å². The highest BCUT2D eigenvalue weighted by Gasteiger charge is 2.25. The van der Waals surface area contributed by atoms with Gasteiger partial charge in [0.2, 0.25) is 5.91 Å². The number of carbonyl (C=O) groups is 2. The number of thioether (sulfide) groups is 1. The first-order chi connectivity index (χ1) is 13.3. The number of amides is 1. The van der Waals surface area contributed by atoms with Crippen molar-refractivity contribution in [3.8, 4) is 0 Å². The second-order valence-electron chi connectivity index (χ2n) is 6.57. The van der Waals surface area contributed by atoms with Crippen LogP contribution in [-0.2, 0) is 11.2 Å². The summed E-state index contributed by atoms with van der Waals surface area (Å²) in [7, 11) is 0. The minimum atomic E-state index is -0.381. The molecule has 0 radical (unpaired) electrons. The Morgan fingerprint density at radius 2 is 2.00 bits per heavy atom. The van der Waals surface area contributed by atoms with E-state index in [4.69, 9.17) is 23.2 Å². The molecule has 0 saturated carbocycles. The molecule has 0 spiro atoms. The maximum atomic E-state index is 12.9. The number of benzene rings is 1. The summed E-state index contributed by atoms with van der Waals surface area (Å²) in [5.41, 5.74) is 3.02. The highest BCUT2D eigenvalue weighted by molar-refractivity contribution is 8.00. The van der Waals surface area contributed by atoms with Crippen molar-refractivity contribution in [2.45, 2.75) is 30.7 Å². The van der Waals surface area contributed by atoms with Gasteiger partial charge in [-0.15, -0.1) is 10.2 Å². The second kappa shape index (κ2) is 7.39. The minimum absolute atomic E-state index is 0.0118. The maximum absolute atomic E-state index is 12.9. The monoisotopic (exact) mass is 434 g/mol. The quantitative estimate of drug-likeness (QED) is 0.451. The van der Waals surface area contributed by atoms with E-state index in [9.17, 15) is 9.59 Å². The topological polar surface area (TPSA) is 67.6 Å². The van der Waals surface area contributed by atoms with E-state index >= 15 is 0 Å². The Labute approximate surface area is 175 Å². The molecule has 1 unspecified atom stereocenters. The number of fused-ring (bicyclic) bond motifs is 2. The number of carbonyl (C=O) groups excluding carboxylic acids is 2. The molecule has 2 aromatic heterocycles. The molecule has 3 heterocycles. The van der Waals surface area contributed by atoms with Crippen molar-refractivity contribution in [3.63, 3.8) is 0 Å². The van der Waals surface area contributed by atoms with E-state index in [1.54, 1.807) is 34.6 Å². The molecule has 1 amide bonds. The van der Waals surface area contributed by atoms with Crippen molar-refractivity contribution in [2.24, 2.45) is 0 Å². The van der Waals surface area contributed by atoms with Gasteiger partial charge in [-0.1, -0.05) is 35.0 Å². The highest BCUT2D eigenvalue weighted by Crippen LogP contribution is 2.32. The third kappa shape index (κ3) is 3.38. The van der Waals surface area contributed by atoms with Gasteiger partial charge in [-0.05, 0) is 43.2 Å². The molecule has 28 heavy (non-hydrogen) atoms. The van der Waals surface area contributed by atoms with Crippen LogP contribution >= 0.6 is 35.0 Å². The fraction of sp³-hybridized carbons (Fsp3) is 0.263. The SMILES string of the molecule is CC(=O)N1CCc2cc(C(=O)C(C)Sc3nnc4c(Cl)cc(Cl)cn34)ccc21. The van der Waals surface area contributed by atoms with Crippen LogP contribution in [0.3, 0.4) is 0 Å². The van der Waals surface area contributed by atoms with Crippen molar-refractivity contribution in [2.75, 3.05) is 11.4 Å². The molecular weight excluding hydrogens is 419 g/mol. The van der Waals surface area contributed by atoms with Gasteiger partial charge >= 0.3 is 0 Å². The maximum Gasteiger partial charge on any atom is 0.223 e. The molecule has 3 aromatic rings. The lowest BCUT2D eigenvalue weighted by molar-refractivity contribution is -0.116. The average Bonchev–Trinajstić information content (AvgIpc) is 3.25. The van der Waals surface area contributed by atoms with Gasteiger partial charge in [-0.3, -0.25) is 14.0 Å². The number of ketones is 1. The van der Waals surface area contributed by atoms with Gasteiger partial charge in [0, 0.05) is 30.9 Å². The molecule has 0 fully saturated rings. The first-order valence-corrected chi connectivity index (χ1v) is 10.3. The molecule has 0 bridgehead atoms. The van der Waals surface area contributed by atoms with Crippen LogP contribution < -0.4 is 4.90 Å². The number of halogens is 2. The number of hydrogen-bond acceptors (Lipinski definition) is 5. The highest BCUT2D eigenvalue weighted by atomic mass is 35.5. The Morgan fingerprint density at radius 1 is 1.21 bits per heavy atom. The van der Waals surface area contributed by atoms with Crippen LogP contribution in [0.2, 0.25) is 10.0 Å². The van der Waals surface area contributed by atoms with Gasteiger partial charge < -0.3 is 4.90 Å². The molecule has 1 aromatic carbocycles. The van der Waals surface area contributed by atoms with Crippen molar-refractivity contribution >= 4 is 58.0 Å². The molecular formula is C19H16Cl2N4O2S. The van der Waals surface area contributed by atoms with Crippen LogP contribution in [0, 0.1) is 0 Å². The van der Waals surface area contributed by atoms with E-state index in [0.29, 0.717) is 33.0 Å². The minimum Gasteiger partial charge on any atom is -0.312 e. The summed E-state index contributed by atoms with van der Waals surface area (Å²) in [5.74, 6) is -0.00305. The molecule has 0 N–H and O–H groups in total. The summed E-state index contributed by atoms with van der Waals surface area (Å²) >= 11 is 13.5. The number of Topliss-reactive ketones (excluding diaryl/α,β-unsaturated/α-hetero) is 1. The number of rotatable bonds is 4. The predicted molar refractivity (Wildman–Crippen MR) is 111 cm³/mol. The molecule has 0 saturated heterocycles. The summed E-state index contributed by atoms with van der Waals surface area (Å²) in [5, 5.41) is 9.24. The molecule has 6 nitrogen and oxygen atoms in total. The van der Waals surface area contributed by atoms with Crippen LogP contribution in [-0.4, -0.2) is 38.1 Å². The summed E-state index contributed by atoms with van der Waals surface area (Å²) in [6, 6.07) is 7.11. The zero-order valence-electron chi connectivity index (χ0n) is 15.1. The smallest absolute Gasteiger partial charge is 0.223 e. The van der Waals surface area contributed by atoms with Gasteiger partial charge in [0.25, 0.3) is 0 Å². The standard InChI is InChI=1S/C19H16Cl2N4O2S/c1-10(28-19-23-22-18-15(21)8-14(20)9-25(18)19)17(27)13-3-4-16-12(7-13)5-6-24(16)11(2)26/h3-4,7-10H,5-6H2,1-2H3. The van der Waals surface area contributed by atoms with Crippen LogP contribution in [0.25, 0.3) is 5.65 Å². The zero-order chi connectivity index (χ0) is 20.0. The van der Waals surface area contributed by atoms with Gasteiger partial charge in [0.15, 0.2) is 16.6 Å². The lowest BCUT2D eigenvalue weighted by atomic mass is 10.0. The average molecular weight is 435 g/mol. The fourth-order valence-electron chi connectivity index (χ4n) is 3.31. The Balaban J connectivity index is 1.57. The predicted octanol–water partition coefficient (Wildman–Crippen LogP) is 4.31. The summed E-state index contributed by atoms with van der Waals surface area (Å²) in [4.78, 5) is 26.4. The second-order valence-corrected chi connectivity index (χ2v) is 8.72. The molecule has 0 aliphatic carbocycles. The van der Waals surface area contributed by atoms with Crippen LogP contribution in [0.4, 0.5) is 5.69 Å². The summed E-state index contributed by atoms with van der Waals surface area (Å²) in [6.07, 6.45) is 2.43. The van der Waals surface area contributed by atoms with Crippen LogP contribution in [0.5, 0.6) is 0 Å². The molecule has 144 valence electrons. The van der Waals surface area contributed by atoms with E-state index in [0.717, 1.165) is 17.7 Å². The summed E-state index contributed by atoms with van der Waals surface area (Å²) in [6.45, 7) is 4.03. The van der Waals surface area contributed by atoms with E-state index in [2.05, 4.69) is 10.2 Å². The number of pyridine rings is 1. The third-order valence-electron chi connectivity index (χ3n) is 4.69. The number of aromatic nitrogens is 3. The number of hydrogen-bond donors (Lipinski definition) is 0. The molecule has 4 rings (SSSR count). The van der Waals surface area contributed by atoms with E-state index in [1.807, 2.05) is 19.1 Å². The Kier molecular flexibility index (Phi) is 5.07. The zero-order valence-corrected chi connectivity index (χ0v) is 17.5. The first kappa shape index (κ1) is 19.2. The molecule has 1 aliphatic heterocycles. The van der Waals surface area contributed by atoms with Crippen molar-refractivity contribution in [1.82, 2.24) is 14.6 Å². The number of anilines is 1. The van der Waals surface area contributed by atoms with Gasteiger partial charge in [-0.25, -0.2) is 0 Å². The lowest BCUT2D eigenvalue weighted by Crippen LogP contribution is -2.25. The Bertz CT molecular complexity index is 1110. The van der Waals surface area contributed by atoms with Crippen molar-refractivity contribution in [3.05, 3.63) is 51.6 Å². The van der Waals surface area contributed by atoms with Crippen molar-refractivity contribution in [1.29, 1.82) is 0 Å². The van der Waals surface area contributed by atoms with E-state index in [1.165, 1.54) is 11.8 Å². The van der Waals surface area contributed by atoms with E-state index in [-0.39, 0.29) is 16.9 Å². The fourth-order valence-corrected chi connectivity index (χ4v) is 4.72. The largest absolute Gasteiger partial charge is 0.312 e. The van der Waals surface area contributed by atoms with Crippen molar-refractivity contribution < 1.29 is 9.59 Å². The van der Waals surface area contributed by atoms with Crippen LogP contribution in [0.1, 0.15) is 29.8 Å². The van der Waals surface area contributed by atoms with Gasteiger partial charge in [-0.2, -0.15) is 0 Å². The summed E-state index contributed by atoms with van der Waals surface area (Å²) < 4.78 is 1.69. The third-order valence-corrected chi connectivity index (χ3v) is 6.23.